The van der Waals surface area contributed by atoms with Crippen LogP contribution in [-0.2, 0) is 11.3 Å². The maximum absolute atomic E-state index is 11.8. The van der Waals surface area contributed by atoms with Gasteiger partial charge in [0.2, 0.25) is 5.91 Å². The number of hydrogen-bond acceptors (Lipinski definition) is 3. The number of carbonyl (C=O) groups excluding carboxylic acids is 1. The van der Waals surface area contributed by atoms with Gasteiger partial charge in [-0.3, -0.25) is 9.59 Å². The lowest BCUT2D eigenvalue weighted by Crippen LogP contribution is -2.27. The van der Waals surface area contributed by atoms with Crippen LogP contribution in [0.2, 0.25) is 10.2 Å². The second-order valence-electron chi connectivity index (χ2n) is 3.71. The quantitative estimate of drug-likeness (QED) is 0.944. The van der Waals surface area contributed by atoms with E-state index in [-0.39, 0.29) is 17.6 Å². The summed E-state index contributed by atoms with van der Waals surface area (Å²) >= 11 is 11.4. The number of anilines is 1. The molecule has 2 rings (SSSR count). The van der Waals surface area contributed by atoms with Crippen molar-refractivity contribution in [2.75, 3.05) is 5.32 Å². The summed E-state index contributed by atoms with van der Waals surface area (Å²) in [6, 6.07) is 6.73. The molecule has 1 amide bonds. The van der Waals surface area contributed by atoms with Crippen molar-refractivity contribution in [3.05, 3.63) is 57.2 Å². The number of rotatable bonds is 3. The lowest BCUT2D eigenvalue weighted by atomic mass is 10.3. The fourth-order valence-electron chi connectivity index (χ4n) is 1.47. The highest BCUT2D eigenvalue weighted by Gasteiger charge is 2.07. The van der Waals surface area contributed by atoms with Gasteiger partial charge in [0.25, 0.3) is 5.56 Å². The minimum Gasteiger partial charge on any atom is -0.324 e. The number of hydrogen-bond donors (Lipinski definition) is 1. The maximum Gasteiger partial charge on any atom is 0.288 e. The average molecular weight is 298 g/mol. The SMILES string of the molecule is O=C(Cn1ccnc(Cl)c1=O)Nc1cccc(Cl)c1. The third-order valence-electron chi connectivity index (χ3n) is 2.29. The largest absolute Gasteiger partial charge is 0.324 e. The van der Waals surface area contributed by atoms with Crippen LogP contribution in [0.1, 0.15) is 0 Å². The van der Waals surface area contributed by atoms with Crippen molar-refractivity contribution in [3.8, 4) is 0 Å². The van der Waals surface area contributed by atoms with Gasteiger partial charge in [0.1, 0.15) is 6.54 Å². The van der Waals surface area contributed by atoms with E-state index in [2.05, 4.69) is 10.3 Å². The Kier molecular flexibility index (Phi) is 4.19. The second kappa shape index (κ2) is 5.86. The molecule has 2 aromatic rings. The zero-order valence-electron chi connectivity index (χ0n) is 9.64. The monoisotopic (exact) mass is 297 g/mol. The highest BCUT2D eigenvalue weighted by atomic mass is 35.5. The summed E-state index contributed by atoms with van der Waals surface area (Å²) in [7, 11) is 0. The van der Waals surface area contributed by atoms with Gasteiger partial charge in [-0.25, -0.2) is 4.98 Å². The predicted molar refractivity (Wildman–Crippen MR) is 73.6 cm³/mol. The number of benzene rings is 1. The Morgan fingerprint density at radius 1 is 1.37 bits per heavy atom. The van der Waals surface area contributed by atoms with E-state index in [1.165, 1.54) is 17.0 Å². The molecule has 0 radical (unpaired) electrons. The molecule has 0 saturated carbocycles. The van der Waals surface area contributed by atoms with Gasteiger partial charge in [-0.1, -0.05) is 29.3 Å². The summed E-state index contributed by atoms with van der Waals surface area (Å²) in [6.45, 7) is -0.145. The fraction of sp³-hybridized carbons (Fsp3) is 0.0833. The summed E-state index contributed by atoms with van der Waals surface area (Å²) in [5.74, 6) is -0.355. The molecular formula is C12H9Cl2N3O2. The molecule has 98 valence electrons. The first-order valence-corrected chi connectivity index (χ1v) is 6.08. The summed E-state index contributed by atoms with van der Waals surface area (Å²) in [4.78, 5) is 27.0. The molecular weight excluding hydrogens is 289 g/mol. The predicted octanol–water partition coefficient (Wildman–Crippen LogP) is 2.19. The van der Waals surface area contributed by atoms with E-state index in [1.807, 2.05) is 0 Å². The number of amides is 1. The molecule has 0 atom stereocenters. The van der Waals surface area contributed by atoms with Crippen LogP contribution in [-0.4, -0.2) is 15.5 Å². The minimum atomic E-state index is -0.509. The van der Waals surface area contributed by atoms with E-state index in [4.69, 9.17) is 23.2 Å². The molecule has 1 heterocycles. The van der Waals surface area contributed by atoms with E-state index in [1.54, 1.807) is 24.3 Å². The Morgan fingerprint density at radius 3 is 2.89 bits per heavy atom. The standard InChI is InChI=1S/C12H9Cl2N3O2/c13-8-2-1-3-9(6-8)16-10(18)7-17-5-4-15-11(14)12(17)19/h1-6H,7H2,(H,16,18). The van der Waals surface area contributed by atoms with E-state index in [0.717, 1.165) is 0 Å². The van der Waals surface area contributed by atoms with Crippen molar-refractivity contribution >= 4 is 34.8 Å². The zero-order chi connectivity index (χ0) is 13.8. The Bertz CT molecular complexity index is 670. The number of halogens is 2. The lowest BCUT2D eigenvalue weighted by Gasteiger charge is -2.07. The van der Waals surface area contributed by atoms with Crippen molar-refractivity contribution in [2.24, 2.45) is 0 Å². The molecule has 0 aliphatic rings. The van der Waals surface area contributed by atoms with Crippen LogP contribution < -0.4 is 10.9 Å². The van der Waals surface area contributed by atoms with Gasteiger partial charge < -0.3 is 9.88 Å². The molecule has 0 bridgehead atoms. The summed E-state index contributed by atoms with van der Waals surface area (Å²) in [6.07, 6.45) is 2.75. The van der Waals surface area contributed by atoms with Crippen LogP contribution in [0.5, 0.6) is 0 Å². The molecule has 7 heteroatoms. The molecule has 1 aromatic heterocycles. The molecule has 0 aliphatic carbocycles. The van der Waals surface area contributed by atoms with E-state index in [0.29, 0.717) is 10.7 Å². The Labute approximate surface area is 118 Å². The van der Waals surface area contributed by atoms with Crippen molar-refractivity contribution in [2.45, 2.75) is 6.54 Å². The first kappa shape index (κ1) is 13.6. The summed E-state index contributed by atoms with van der Waals surface area (Å²) in [5, 5.41) is 2.98. The fourth-order valence-corrected chi connectivity index (χ4v) is 1.82. The van der Waals surface area contributed by atoms with E-state index in [9.17, 15) is 9.59 Å². The third-order valence-corrected chi connectivity index (χ3v) is 2.79. The molecule has 1 aromatic carbocycles. The van der Waals surface area contributed by atoms with Crippen molar-refractivity contribution < 1.29 is 4.79 Å². The zero-order valence-corrected chi connectivity index (χ0v) is 11.1. The van der Waals surface area contributed by atoms with Crippen molar-refractivity contribution in [1.29, 1.82) is 0 Å². The maximum atomic E-state index is 11.8. The summed E-state index contributed by atoms with van der Waals surface area (Å²) in [5.41, 5.74) is 0.0520. The molecule has 19 heavy (non-hydrogen) atoms. The van der Waals surface area contributed by atoms with Crippen LogP contribution in [0.4, 0.5) is 5.69 Å². The van der Waals surface area contributed by atoms with Gasteiger partial charge in [-0.15, -0.1) is 0 Å². The topological polar surface area (TPSA) is 64.0 Å². The molecule has 0 saturated heterocycles. The minimum absolute atomic E-state index is 0.145. The van der Waals surface area contributed by atoms with E-state index < -0.39 is 5.56 Å². The number of aromatic nitrogens is 2. The van der Waals surface area contributed by atoms with Crippen molar-refractivity contribution in [3.63, 3.8) is 0 Å². The molecule has 0 aliphatic heterocycles. The first-order chi connectivity index (χ1) is 9.06. The average Bonchev–Trinajstić information content (AvgIpc) is 2.35. The Balaban J connectivity index is 2.10. The second-order valence-corrected chi connectivity index (χ2v) is 4.50. The lowest BCUT2D eigenvalue weighted by molar-refractivity contribution is -0.116. The van der Waals surface area contributed by atoms with Gasteiger partial charge in [-0.05, 0) is 18.2 Å². The Morgan fingerprint density at radius 2 is 2.16 bits per heavy atom. The molecule has 1 N–H and O–H groups in total. The van der Waals surface area contributed by atoms with Gasteiger partial charge >= 0.3 is 0 Å². The normalized spacial score (nSPS) is 10.2. The van der Waals surface area contributed by atoms with E-state index >= 15 is 0 Å². The Hall–Kier alpha value is -1.85. The number of nitrogens with one attached hydrogen (secondary N) is 1. The summed E-state index contributed by atoms with van der Waals surface area (Å²) < 4.78 is 1.18. The van der Waals surface area contributed by atoms with Gasteiger partial charge in [-0.2, -0.15) is 0 Å². The van der Waals surface area contributed by atoms with Crippen LogP contribution in [0.15, 0.2) is 41.5 Å². The van der Waals surface area contributed by atoms with Crippen LogP contribution in [0.25, 0.3) is 0 Å². The van der Waals surface area contributed by atoms with Crippen LogP contribution in [0.3, 0.4) is 0 Å². The molecule has 0 fully saturated rings. The third kappa shape index (κ3) is 3.56. The smallest absolute Gasteiger partial charge is 0.288 e. The molecule has 5 nitrogen and oxygen atoms in total. The highest BCUT2D eigenvalue weighted by molar-refractivity contribution is 6.31. The number of carbonyl (C=O) groups is 1. The molecule has 0 unspecified atom stereocenters. The van der Waals surface area contributed by atoms with Crippen LogP contribution in [0, 0.1) is 0 Å². The van der Waals surface area contributed by atoms with Crippen LogP contribution >= 0.6 is 23.2 Å². The molecule has 0 spiro atoms. The van der Waals surface area contributed by atoms with Gasteiger partial charge in [0.05, 0.1) is 0 Å². The first-order valence-electron chi connectivity index (χ1n) is 5.32. The highest BCUT2D eigenvalue weighted by Crippen LogP contribution is 2.14. The number of nitrogens with zero attached hydrogens (tertiary/aromatic N) is 2. The van der Waals surface area contributed by atoms with Gasteiger partial charge in [0.15, 0.2) is 5.15 Å². The van der Waals surface area contributed by atoms with Crippen molar-refractivity contribution in [1.82, 2.24) is 9.55 Å². The van der Waals surface area contributed by atoms with Gasteiger partial charge in [0, 0.05) is 23.1 Å².